The highest BCUT2D eigenvalue weighted by Gasteiger charge is 2.12. The van der Waals surface area contributed by atoms with E-state index >= 15 is 0 Å². The van der Waals surface area contributed by atoms with Crippen LogP contribution in [0.5, 0.6) is 11.5 Å². The number of nitrogens with one attached hydrogen (secondary N) is 3. The highest BCUT2D eigenvalue weighted by Crippen LogP contribution is 2.35. The Kier molecular flexibility index (Phi) is 14.0. The zero-order chi connectivity index (χ0) is 37.4. The van der Waals surface area contributed by atoms with E-state index in [1.807, 2.05) is 30.3 Å². The highest BCUT2D eigenvalue weighted by atomic mass is 35.5. The quantitative estimate of drug-likeness (QED) is 0.0534. The van der Waals surface area contributed by atoms with Crippen molar-refractivity contribution >= 4 is 66.6 Å². The van der Waals surface area contributed by atoms with E-state index in [4.69, 9.17) is 32.4 Å². The van der Waals surface area contributed by atoms with Crippen LogP contribution < -0.4 is 25.4 Å². The van der Waals surface area contributed by atoms with E-state index in [9.17, 15) is 0 Å². The summed E-state index contributed by atoms with van der Waals surface area (Å²) in [7, 11) is 4.67. The molecule has 2 aromatic heterocycles. The molecule has 0 saturated carbocycles. The molecule has 52 heavy (non-hydrogen) atoms. The molecule has 6 aromatic rings. The first kappa shape index (κ1) is 37.4. The van der Waals surface area contributed by atoms with Gasteiger partial charge in [-0.3, -0.25) is 0 Å². The third-order valence-electron chi connectivity index (χ3n) is 9.74. The van der Waals surface area contributed by atoms with E-state index in [-0.39, 0.29) is 0 Å². The third-order valence-corrected chi connectivity index (χ3v) is 9.98. The van der Waals surface area contributed by atoms with E-state index in [1.54, 1.807) is 14.2 Å². The average Bonchev–Trinajstić information content (AvgIpc) is 3.18. The molecule has 0 radical (unpaired) electrons. The molecule has 6 rings (SSSR count). The van der Waals surface area contributed by atoms with Gasteiger partial charge in [-0.1, -0.05) is 69.7 Å². The van der Waals surface area contributed by atoms with Crippen molar-refractivity contribution in [3.63, 3.8) is 0 Å². The highest BCUT2D eigenvalue weighted by molar-refractivity contribution is 6.31. The lowest BCUT2D eigenvalue weighted by Crippen LogP contribution is -2.16. The molecule has 0 bridgehead atoms. The molecular formula is C44H56ClN5O2. The smallest absolute Gasteiger partial charge is 0.119 e. The lowest BCUT2D eigenvalue weighted by Gasteiger charge is -2.14. The summed E-state index contributed by atoms with van der Waals surface area (Å²) in [5, 5.41) is 16.3. The molecule has 0 aliphatic heterocycles. The summed E-state index contributed by atoms with van der Waals surface area (Å²) < 4.78 is 16.8. The molecule has 0 aliphatic carbocycles. The topological polar surface area (TPSA) is 80.3 Å². The van der Waals surface area contributed by atoms with Gasteiger partial charge in [-0.2, -0.15) is 0 Å². The molecule has 3 N–H and O–H groups in total. The summed E-state index contributed by atoms with van der Waals surface area (Å²) in [6.45, 7) is 6.22. The monoisotopic (exact) mass is 722 g/mol. The zero-order valence-corrected chi connectivity index (χ0v) is 32.2. The van der Waals surface area contributed by atoms with Gasteiger partial charge in [-0.05, 0) is 112 Å². The number of ether oxygens (including phenoxy) is 2. The van der Waals surface area contributed by atoms with Crippen molar-refractivity contribution in [3.05, 3.63) is 83.4 Å². The standard InChI is InChI=1S/C43H52ClN5O2.CH4/c1-30-14-18-34-40(26-30)48-38-20-16-32(50-2)28-36(38)42(34)46-24-12-8-4-6-10-22-45-23-11-7-5-9-13-25-47-43-35-19-15-31(44)27-41(35)49-39-21-17-33(51-3)29-37(39)43;/h14-21,26-29,45H,4-13,22-25H2,1-3H3,(H,46,48)(H,47,49);1H4/i;1D. The number of unbranched alkanes of at least 4 members (excludes halogenated alkanes) is 8. The normalized spacial score (nSPS) is 11.4. The maximum atomic E-state index is 6.28. The Morgan fingerprint density at radius 2 is 1.00 bits per heavy atom. The van der Waals surface area contributed by atoms with Crippen molar-refractivity contribution in [2.45, 2.75) is 78.5 Å². The SMILES string of the molecule is COc1ccc2nc3cc(C)ccc3c(NCCCCCCCNCCCCCCCNc3c4ccc(Cl)cc4nc4ccc(OC)cc34)c2c1.[2H]C. The number of aryl methyl sites for hydroxylation is 1. The molecule has 0 spiro atoms. The van der Waals surface area contributed by atoms with Gasteiger partial charge in [0.1, 0.15) is 11.5 Å². The van der Waals surface area contributed by atoms with Crippen molar-refractivity contribution in [2.24, 2.45) is 0 Å². The van der Waals surface area contributed by atoms with E-state index in [0.717, 1.165) is 100 Å². The van der Waals surface area contributed by atoms with Gasteiger partial charge in [-0.15, -0.1) is 0 Å². The van der Waals surface area contributed by atoms with Gasteiger partial charge >= 0.3 is 0 Å². The maximum Gasteiger partial charge on any atom is 0.119 e. The Morgan fingerprint density at radius 3 is 1.52 bits per heavy atom. The second-order valence-corrected chi connectivity index (χ2v) is 14.0. The van der Waals surface area contributed by atoms with E-state index < -0.39 is 0 Å². The second-order valence-electron chi connectivity index (χ2n) is 13.6. The summed E-state index contributed by atoms with van der Waals surface area (Å²) in [5.74, 6) is 1.69. The average molecular weight is 723 g/mol. The Labute approximate surface area is 316 Å². The van der Waals surface area contributed by atoms with Gasteiger partial charge in [-0.25, -0.2) is 9.97 Å². The minimum absolute atomic E-state index is 0.699. The molecule has 0 fully saturated rings. The van der Waals surface area contributed by atoms with Gasteiger partial charge in [0.25, 0.3) is 0 Å². The van der Waals surface area contributed by atoms with Crippen LogP contribution in [0.25, 0.3) is 43.6 Å². The van der Waals surface area contributed by atoms with Crippen molar-refractivity contribution in [1.82, 2.24) is 15.3 Å². The Hall–Kier alpha value is -4.33. The van der Waals surface area contributed by atoms with Crippen LogP contribution in [0.3, 0.4) is 0 Å². The van der Waals surface area contributed by atoms with Gasteiger partial charge in [0.15, 0.2) is 0 Å². The van der Waals surface area contributed by atoms with Crippen molar-refractivity contribution < 1.29 is 10.8 Å². The van der Waals surface area contributed by atoms with Crippen LogP contribution in [0.2, 0.25) is 5.02 Å². The molecule has 8 heteroatoms. The van der Waals surface area contributed by atoms with Crippen LogP contribution in [0.4, 0.5) is 11.4 Å². The number of anilines is 2. The molecular weight excluding hydrogens is 666 g/mol. The van der Waals surface area contributed by atoms with Crippen LogP contribution in [0.1, 0.15) is 78.5 Å². The second kappa shape index (κ2) is 19.5. The molecule has 4 aromatic carbocycles. The largest absolute Gasteiger partial charge is 0.497 e. The molecule has 2 heterocycles. The predicted octanol–water partition coefficient (Wildman–Crippen LogP) is 11.7. The summed E-state index contributed by atoms with van der Waals surface area (Å²) in [5.41, 5.74) is 7.37. The fraction of sp³-hybridized carbons (Fsp3) is 0.409. The Balaban J connectivity index is 0.00000266. The fourth-order valence-corrected chi connectivity index (χ4v) is 7.09. The number of rotatable bonds is 20. The Bertz CT molecular complexity index is 1930. The Morgan fingerprint density at radius 1 is 0.538 bits per heavy atom. The number of fused-ring (bicyclic) bond motifs is 4. The molecule has 0 saturated heterocycles. The van der Waals surface area contributed by atoms with Gasteiger partial charge in [0.05, 0.1) is 47.7 Å². The van der Waals surface area contributed by atoms with E-state index in [1.165, 1.54) is 69.7 Å². The van der Waals surface area contributed by atoms with Crippen LogP contribution in [-0.4, -0.2) is 50.4 Å². The first-order valence-corrected chi connectivity index (χ1v) is 19.1. The lowest BCUT2D eigenvalue weighted by atomic mass is 10.1. The van der Waals surface area contributed by atoms with Crippen molar-refractivity contribution in [1.29, 1.82) is 0 Å². The first-order chi connectivity index (χ1) is 26.0. The number of hydrogen-bond donors (Lipinski definition) is 3. The number of nitrogens with zero attached hydrogens (tertiary/aromatic N) is 2. The van der Waals surface area contributed by atoms with E-state index in [2.05, 4.69) is 65.3 Å². The molecule has 0 unspecified atom stereocenters. The molecule has 7 nitrogen and oxygen atoms in total. The van der Waals surface area contributed by atoms with E-state index in [0.29, 0.717) is 5.02 Å². The zero-order valence-electron chi connectivity index (χ0n) is 32.4. The van der Waals surface area contributed by atoms with Gasteiger partial charge in [0, 0.05) is 41.0 Å². The summed E-state index contributed by atoms with van der Waals surface area (Å²) in [4.78, 5) is 9.76. The van der Waals surface area contributed by atoms with Crippen LogP contribution in [-0.2, 0) is 0 Å². The number of benzene rings is 4. The maximum absolute atomic E-state index is 6.28. The molecule has 0 atom stereocenters. The van der Waals surface area contributed by atoms with Gasteiger partial charge < -0.3 is 25.4 Å². The molecule has 0 amide bonds. The molecule has 276 valence electrons. The predicted molar refractivity (Wildman–Crippen MR) is 224 cm³/mol. The number of methoxy groups -OCH3 is 2. The number of pyridine rings is 2. The molecule has 0 aliphatic rings. The fourth-order valence-electron chi connectivity index (χ4n) is 6.93. The first-order valence-electron chi connectivity index (χ1n) is 19.7. The number of hydrogen-bond acceptors (Lipinski definition) is 7. The lowest BCUT2D eigenvalue weighted by molar-refractivity contribution is 0.415. The number of halogens is 1. The summed E-state index contributed by atoms with van der Waals surface area (Å²) in [6.07, 6.45) is 12.3. The van der Waals surface area contributed by atoms with Crippen molar-refractivity contribution in [3.8, 4) is 11.5 Å². The van der Waals surface area contributed by atoms with Crippen molar-refractivity contribution in [2.75, 3.05) is 51.0 Å². The minimum Gasteiger partial charge on any atom is -0.497 e. The summed E-state index contributed by atoms with van der Waals surface area (Å²) >= 11 is 6.28. The van der Waals surface area contributed by atoms with Gasteiger partial charge in [0.2, 0.25) is 0 Å². The summed E-state index contributed by atoms with van der Waals surface area (Å²) in [6, 6.07) is 24.6. The third kappa shape index (κ3) is 9.96. The van der Waals surface area contributed by atoms with Crippen LogP contribution in [0, 0.1) is 6.92 Å². The minimum atomic E-state index is 0.699. The van der Waals surface area contributed by atoms with Crippen LogP contribution >= 0.6 is 11.6 Å². The number of aromatic nitrogens is 2. The van der Waals surface area contributed by atoms with Crippen LogP contribution in [0.15, 0.2) is 72.8 Å².